The van der Waals surface area contributed by atoms with E-state index in [9.17, 15) is 4.79 Å². The summed E-state index contributed by atoms with van der Waals surface area (Å²) in [6.07, 6.45) is 3.87. The SMILES string of the molecule is CN(C)CCCNC(=O)c1c2c(nc3ccc(Cl)cc13)CCC2. The highest BCUT2D eigenvalue weighted by Crippen LogP contribution is 2.31. The Morgan fingerprint density at radius 2 is 2.17 bits per heavy atom. The minimum atomic E-state index is -0.00317. The van der Waals surface area contributed by atoms with Crippen LogP contribution >= 0.6 is 11.6 Å². The van der Waals surface area contributed by atoms with Gasteiger partial charge >= 0.3 is 0 Å². The van der Waals surface area contributed by atoms with E-state index in [2.05, 4.69) is 10.2 Å². The maximum atomic E-state index is 12.8. The monoisotopic (exact) mass is 331 g/mol. The number of carbonyl (C=O) groups is 1. The fraction of sp³-hybridized carbons (Fsp3) is 0.444. The Hall–Kier alpha value is -1.65. The molecule has 3 rings (SSSR count). The molecule has 0 radical (unpaired) electrons. The minimum Gasteiger partial charge on any atom is -0.352 e. The maximum absolute atomic E-state index is 12.8. The molecule has 5 heteroatoms. The van der Waals surface area contributed by atoms with Crippen LogP contribution in [0.15, 0.2) is 18.2 Å². The molecular weight excluding hydrogens is 310 g/mol. The molecule has 1 aromatic carbocycles. The Morgan fingerprint density at radius 1 is 1.35 bits per heavy atom. The van der Waals surface area contributed by atoms with Gasteiger partial charge in [-0.1, -0.05) is 11.6 Å². The first-order valence-electron chi connectivity index (χ1n) is 8.10. The zero-order valence-corrected chi connectivity index (χ0v) is 14.4. The second-order valence-corrected chi connectivity index (χ2v) is 6.78. The molecule has 1 heterocycles. The van der Waals surface area contributed by atoms with Crippen molar-refractivity contribution in [2.75, 3.05) is 27.2 Å². The van der Waals surface area contributed by atoms with Crippen molar-refractivity contribution in [1.29, 1.82) is 0 Å². The van der Waals surface area contributed by atoms with E-state index >= 15 is 0 Å². The molecular formula is C18H22ClN3O. The normalized spacial score (nSPS) is 13.6. The smallest absolute Gasteiger partial charge is 0.252 e. The van der Waals surface area contributed by atoms with Crippen LogP contribution in [-0.4, -0.2) is 43.0 Å². The van der Waals surface area contributed by atoms with Crippen molar-refractivity contribution in [1.82, 2.24) is 15.2 Å². The van der Waals surface area contributed by atoms with Crippen molar-refractivity contribution in [3.63, 3.8) is 0 Å². The molecule has 1 aliphatic carbocycles. The van der Waals surface area contributed by atoms with E-state index in [-0.39, 0.29) is 5.91 Å². The molecule has 1 amide bonds. The topological polar surface area (TPSA) is 45.2 Å². The Bertz CT molecular complexity index is 743. The van der Waals surface area contributed by atoms with Crippen molar-refractivity contribution >= 4 is 28.4 Å². The number of aromatic nitrogens is 1. The molecule has 0 fully saturated rings. The second kappa shape index (κ2) is 6.85. The summed E-state index contributed by atoms with van der Waals surface area (Å²) in [4.78, 5) is 19.6. The fourth-order valence-corrected chi connectivity index (χ4v) is 3.35. The summed E-state index contributed by atoms with van der Waals surface area (Å²) in [5.74, 6) is -0.00317. The number of amides is 1. The van der Waals surface area contributed by atoms with Gasteiger partial charge in [0.15, 0.2) is 0 Å². The molecule has 23 heavy (non-hydrogen) atoms. The van der Waals surface area contributed by atoms with Gasteiger partial charge < -0.3 is 10.2 Å². The first-order valence-corrected chi connectivity index (χ1v) is 8.48. The van der Waals surface area contributed by atoms with Crippen molar-refractivity contribution in [2.45, 2.75) is 25.7 Å². The summed E-state index contributed by atoms with van der Waals surface area (Å²) in [7, 11) is 4.07. The molecule has 4 nitrogen and oxygen atoms in total. The van der Waals surface area contributed by atoms with Gasteiger partial charge in [0.05, 0.1) is 11.1 Å². The molecule has 122 valence electrons. The second-order valence-electron chi connectivity index (χ2n) is 6.34. The summed E-state index contributed by atoms with van der Waals surface area (Å²) >= 11 is 6.14. The number of rotatable bonds is 5. The average molecular weight is 332 g/mol. The van der Waals surface area contributed by atoms with E-state index in [4.69, 9.17) is 16.6 Å². The van der Waals surface area contributed by atoms with E-state index in [0.29, 0.717) is 11.6 Å². The predicted molar refractivity (Wildman–Crippen MR) is 94.3 cm³/mol. The molecule has 0 atom stereocenters. The fourth-order valence-electron chi connectivity index (χ4n) is 3.18. The highest BCUT2D eigenvalue weighted by atomic mass is 35.5. The molecule has 0 aliphatic heterocycles. The van der Waals surface area contributed by atoms with E-state index in [1.165, 1.54) is 0 Å². The third-order valence-corrected chi connectivity index (χ3v) is 4.50. The maximum Gasteiger partial charge on any atom is 0.252 e. The summed E-state index contributed by atoms with van der Waals surface area (Å²) in [6, 6.07) is 5.59. The van der Waals surface area contributed by atoms with E-state index in [0.717, 1.165) is 60.0 Å². The van der Waals surface area contributed by atoms with Gasteiger partial charge in [-0.3, -0.25) is 9.78 Å². The van der Waals surface area contributed by atoms with Crippen molar-refractivity contribution in [2.24, 2.45) is 0 Å². The zero-order valence-electron chi connectivity index (χ0n) is 13.7. The van der Waals surface area contributed by atoms with Gasteiger partial charge in [0, 0.05) is 22.6 Å². The largest absolute Gasteiger partial charge is 0.352 e. The van der Waals surface area contributed by atoms with Gasteiger partial charge in [-0.2, -0.15) is 0 Å². The van der Waals surface area contributed by atoms with E-state index in [1.54, 1.807) is 0 Å². The summed E-state index contributed by atoms with van der Waals surface area (Å²) in [5, 5.41) is 4.56. The number of nitrogens with zero attached hydrogens (tertiary/aromatic N) is 2. The van der Waals surface area contributed by atoms with Gasteiger partial charge in [-0.25, -0.2) is 0 Å². The molecule has 0 saturated carbocycles. The number of hydrogen-bond acceptors (Lipinski definition) is 3. The molecule has 0 saturated heterocycles. The van der Waals surface area contributed by atoms with Crippen LogP contribution in [-0.2, 0) is 12.8 Å². The quantitative estimate of drug-likeness (QED) is 0.856. The van der Waals surface area contributed by atoms with Gasteiger partial charge in [0.2, 0.25) is 0 Å². The van der Waals surface area contributed by atoms with E-state index < -0.39 is 0 Å². The molecule has 0 spiro atoms. The Balaban J connectivity index is 1.92. The third-order valence-electron chi connectivity index (χ3n) is 4.27. The van der Waals surface area contributed by atoms with Gasteiger partial charge in [-0.15, -0.1) is 0 Å². The summed E-state index contributed by atoms with van der Waals surface area (Å²) in [6.45, 7) is 1.64. The lowest BCUT2D eigenvalue weighted by Crippen LogP contribution is -2.28. The first kappa shape index (κ1) is 16.2. The highest BCUT2D eigenvalue weighted by Gasteiger charge is 2.23. The lowest BCUT2D eigenvalue weighted by Gasteiger charge is -2.14. The minimum absolute atomic E-state index is 0.00317. The Kier molecular flexibility index (Phi) is 4.83. The molecule has 1 aromatic heterocycles. The van der Waals surface area contributed by atoms with Crippen LogP contribution < -0.4 is 5.32 Å². The van der Waals surface area contributed by atoms with Crippen LogP contribution in [0.5, 0.6) is 0 Å². The van der Waals surface area contributed by atoms with Crippen LogP contribution in [0.2, 0.25) is 5.02 Å². The molecule has 1 N–H and O–H groups in total. The lowest BCUT2D eigenvalue weighted by atomic mass is 10.0. The molecule has 1 aliphatic rings. The number of benzene rings is 1. The van der Waals surface area contributed by atoms with Crippen molar-refractivity contribution < 1.29 is 4.79 Å². The van der Waals surface area contributed by atoms with Crippen LogP contribution in [0, 0.1) is 0 Å². The third kappa shape index (κ3) is 3.48. The molecule has 2 aromatic rings. The number of fused-ring (bicyclic) bond motifs is 2. The van der Waals surface area contributed by atoms with Crippen LogP contribution in [0.3, 0.4) is 0 Å². The molecule has 0 unspecified atom stereocenters. The summed E-state index contributed by atoms with van der Waals surface area (Å²) < 4.78 is 0. The van der Waals surface area contributed by atoms with Gasteiger partial charge in [-0.05, 0) is 70.1 Å². The van der Waals surface area contributed by atoms with E-state index in [1.807, 2.05) is 32.3 Å². The van der Waals surface area contributed by atoms with Crippen LogP contribution in [0.25, 0.3) is 10.9 Å². The predicted octanol–water partition coefficient (Wildman–Crippen LogP) is 3.06. The van der Waals surface area contributed by atoms with Crippen LogP contribution in [0.4, 0.5) is 0 Å². The number of carbonyl (C=O) groups excluding carboxylic acids is 1. The number of halogens is 1. The Morgan fingerprint density at radius 3 is 2.96 bits per heavy atom. The number of nitrogens with one attached hydrogen (secondary N) is 1. The number of pyridine rings is 1. The zero-order chi connectivity index (χ0) is 16.4. The highest BCUT2D eigenvalue weighted by molar-refractivity contribution is 6.31. The van der Waals surface area contributed by atoms with Crippen LogP contribution in [0.1, 0.15) is 34.5 Å². The van der Waals surface area contributed by atoms with Crippen molar-refractivity contribution in [3.8, 4) is 0 Å². The average Bonchev–Trinajstić information content (AvgIpc) is 2.96. The van der Waals surface area contributed by atoms with Crippen molar-refractivity contribution in [3.05, 3.63) is 40.0 Å². The first-order chi connectivity index (χ1) is 11.1. The Labute approximate surface area is 141 Å². The van der Waals surface area contributed by atoms with Gasteiger partial charge in [0.1, 0.15) is 0 Å². The number of aryl methyl sites for hydroxylation is 1. The summed E-state index contributed by atoms with van der Waals surface area (Å²) in [5.41, 5.74) is 3.80. The standard InChI is InChI=1S/C18H22ClN3O/c1-22(2)10-4-9-20-18(23)17-13-5-3-6-15(13)21-16-8-7-12(19)11-14(16)17/h7-8,11H,3-6,9-10H2,1-2H3,(H,20,23). The van der Waals surface area contributed by atoms with Gasteiger partial charge in [0.25, 0.3) is 5.91 Å². The lowest BCUT2D eigenvalue weighted by molar-refractivity contribution is 0.0953. The number of hydrogen-bond donors (Lipinski definition) is 1. The molecule has 0 bridgehead atoms.